The van der Waals surface area contributed by atoms with E-state index < -0.39 is 0 Å². The van der Waals surface area contributed by atoms with Gasteiger partial charge in [-0.15, -0.1) is 0 Å². The topological polar surface area (TPSA) is 36.3 Å². The minimum absolute atomic E-state index is 0.618. The Morgan fingerprint density at radius 3 is 2.74 bits per heavy atom. The molecule has 0 amide bonds. The van der Waals surface area contributed by atoms with Crippen LogP contribution >= 0.6 is 11.6 Å². The van der Waals surface area contributed by atoms with Gasteiger partial charge in [0.2, 0.25) is 0 Å². The number of benzene rings is 1. The molecule has 0 unspecified atom stereocenters. The van der Waals surface area contributed by atoms with Gasteiger partial charge in [0, 0.05) is 25.3 Å². The molecule has 0 N–H and O–H groups in total. The van der Waals surface area contributed by atoms with E-state index in [-0.39, 0.29) is 0 Å². The summed E-state index contributed by atoms with van der Waals surface area (Å²) in [6.45, 7) is 3.91. The van der Waals surface area contributed by atoms with Crippen LogP contribution in [0.2, 0.25) is 5.02 Å². The Balaban J connectivity index is 1.91. The van der Waals surface area contributed by atoms with Crippen molar-refractivity contribution in [1.82, 2.24) is 4.90 Å². The molecule has 1 aliphatic rings. The minimum atomic E-state index is 0.618. The number of rotatable bonds is 4. The molecule has 19 heavy (non-hydrogen) atoms. The van der Waals surface area contributed by atoms with E-state index in [9.17, 15) is 0 Å². The van der Waals surface area contributed by atoms with Crippen molar-refractivity contribution in [2.75, 3.05) is 26.8 Å². The summed E-state index contributed by atoms with van der Waals surface area (Å²) in [7, 11) is 1.77. The summed E-state index contributed by atoms with van der Waals surface area (Å²) in [5.74, 6) is 0.692. The summed E-state index contributed by atoms with van der Waals surface area (Å²) in [6.07, 6.45) is 2.36. The summed E-state index contributed by atoms with van der Waals surface area (Å²) in [5.41, 5.74) is 1.72. The summed E-state index contributed by atoms with van der Waals surface area (Å²) in [4.78, 5) is 2.42. The molecule has 0 saturated carbocycles. The van der Waals surface area contributed by atoms with Gasteiger partial charge in [-0.2, -0.15) is 5.26 Å². The highest BCUT2D eigenvalue weighted by Gasteiger charge is 2.19. The lowest BCUT2D eigenvalue weighted by atomic mass is 9.97. The van der Waals surface area contributed by atoms with Crippen LogP contribution in [-0.2, 0) is 11.3 Å². The number of ether oxygens (including phenoxy) is 1. The SMILES string of the molecule is COCC1CCN(Cc2ccc(C#N)cc2Cl)CC1. The monoisotopic (exact) mass is 278 g/mol. The number of nitrogens with zero attached hydrogens (tertiary/aromatic N) is 2. The van der Waals surface area contributed by atoms with E-state index in [1.807, 2.05) is 12.1 Å². The Morgan fingerprint density at radius 1 is 1.42 bits per heavy atom. The first kappa shape index (κ1) is 14.3. The number of likely N-dealkylation sites (tertiary alicyclic amines) is 1. The van der Waals surface area contributed by atoms with E-state index in [0.717, 1.165) is 31.8 Å². The van der Waals surface area contributed by atoms with E-state index in [1.54, 1.807) is 13.2 Å². The molecule has 1 fully saturated rings. The van der Waals surface area contributed by atoms with Gasteiger partial charge in [0.05, 0.1) is 11.6 Å². The number of hydrogen-bond donors (Lipinski definition) is 0. The molecule has 0 aliphatic carbocycles. The molecule has 102 valence electrons. The number of nitriles is 1. The van der Waals surface area contributed by atoms with Gasteiger partial charge in [-0.05, 0) is 49.5 Å². The second-order valence-corrected chi connectivity index (χ2v) is 5.50. The van der Waals surface area contributed by atoms with Crippen LogP contribution in [0.1, 0.15) is 24.0 Å². The molecule has 3 nitrogen and oxygen atoms in total. The highest BCUT2D eigenvalue weighted by molar-refractivity contribution is 6.31. The zero-order valence-corrected chi connectivity index (χ0v) is 12.0. The molecule has 0 bridgehead atoms. The lowest BCUT2D eigenvalue weighted by molar-refractivity contribution is 0.0968. The number of methoxy groups -OCH3 is 1. The molecule has 1 aromatic carbocycles. The maximum atomic E-state index is 8.82. The first-order chi connectivity index (χ1) is 9.22. The van der Waals surface area contributed by atoms with Gasteiger partial charge >= 0.3 is 0 Å². The van der Waals surface area contributed by atoms with E-state index >= 15 is 0 Å². The van der Waals surface area contributed by atoms with E-state index in [2.05, 4.69) is 11.0 Å². The van der Waals surface area contributed by atoms with Gasteiger partial charge in [0.1, 0.15) is 0 Å². The molecule has 0 radical (unpaired) electrons. The second-order valence-electron chi connectivity index (χ2n) is 5.09. The predicted octanol–water partition coefficient (Wildman–Crippen LogP) is 3.07. The molecular formula is C15H19ClN2O. The highest BCUT2D eigenvalue weighted by atomic mass is 35.5. The molecule has 1 aliphatic heterocycles. The van der Waals surface area contributed by atoms with Gasteiger partial charge in [0.15, 0.2) is 0 Å². The van der Waals surface area contributed by atoms with Gasteiger partial charge in [-0.1, -0.05) is 17.7 Å². The first-order valence-corrected chi connectivity index (χ1v) is 7.00. The van der Waals surface area contributed by atoms with Gasteiger partial charge < -0.3 is 4.74 Å². The average Bonchev–Trinajstić information content (AvgIpc) is 2.43. The zero-order chi connectivity index (χ0) is 13.7. The van der Waals surface area contributed by atoms with Crippen LogP contribution in [0.3, 0.4) is 0 Å². The Labute approximate surface area is 119 Å². The fraction of sp³-hybridized carbons (Fsp3) is 0.533. The van der Waals surface area contributed by atoms with Crippen LogP contribution in [0.25, 0.3) is 0 Å². The standard InChI is InChI=1S/C15H19ClN2O/c1-19-11-12-4-6-18(7-5-12)10-14-3-2-13(9-17)8-15(14)16/h2-3,8,12H,4-7,10-11H2,1H3. The van der Waals surface area contributed by atoms with Crippen LogP contribution in [0, 0.1) is 17.2 Å². The number of hydrogen-bond acceptors (Lipinski definition) is 3. The molecule has 2 rings (SSSR count). The molecule has 1 saturated heterocycles. The normalized spacial score (nSPS) is 17.3. The molecule has 1 heterocycles. The number of halogens is 1. The summed E-state index contributed by atoms with van der Waals surface area (Å²) < 4.78 is 5.21. The van der Waals surface area contributed by atoms with Crippen LogP contribution in [0.4, 0.5) is 0 Å². The quantitative estimate of drug-likeness (QED) is 0.849. The van der Waals surface area contributed by atoms with Crippen molar-refractivity contribution in [3.8, 4) is 6.07 Å². The Morgan fingerprint density at radius 2 is 2.16 bits per heavy atom. The fourth-order valence-electron chi connectivity index (χ4n) is 2.53. The van der Waals surface area contributed by atoms with E-state index in [4.69, 9.17) is 21.6 Å². The smallest absolute Gasteiger partial charge is 0.0992 e. The largest absolute Gasteiger partial charge is 0.384 e. The fourth-order valence-corrected chi connectivity index (χ4v) is 2.77. The lowest BCUT2D eigenvalue weighted by Crippen LogP contribution is -2.34. The van der Waals surface area contributed by atoms with Crippen LogP contribution in [0.15, 0.2) is 18.2 Å². The van der Waals surface area contributed by atoms with Crippen molar-refractivity contribution >= 4 is 11.6 Å². The Kier molecular flexibility index (Phi) is 5.21. The average molecular weight is 279 g/mol. The van der Waals surface area contributed by atoms with E-state index in [0.29, 0.717) is 16.5 Å². The maximum Gasteiger partial charge on any atom is 0.0992 e. The third-order valence-corrected chi connectivity index (χ3v) is 4.04. The van der Waals surface area contributed by atoms with Crippen molar-refractivity contribution in [3.63, 3.8) is 0 Å². The zero-order valence-electron chi connectivity index (χ0n) is 11.2. The van der Waals surface area contributed by atoms with Crippen molar-refractivity contribution in [2.24, 2.45) is 5.92 Å². The Hall–Kier alpha value is -1.08. The van der Waals surface area contributed by atoms with Gasteiger partial charge in [-0.3, -0.25) is 4.90 Å². The summed E-state index contributed by atoms with van der Waals surface area (Å²) >= 11 is 6.21. The molecule has 0 atom stereocenters. The lowest BCUT2D eigenvalue weighted by Gasteiger charge is -2.31. The van der Waals surface area contributed by atoms with Gasteiger partial charge in [-0.25, -0.2) is 0 Å². The van der Waals surface area contributed by atoms with Crippen molar-refractivity contribution in [2.45, 2.75) is 19.4 Å². The van der Waals surface area contributed by atoms with Crippen molar-refractivity contribution < 1.29 is 4.74 Å². The molecule has 4 heteroatoms. The van der Waals surface area contributed by atoms with Crippen molar-refractivity contribution in [3.05, 3.63) is 34.3 Å². The predicted molar refractivity (Wildman–Crippen MR) is 76.0 cm³/mol. The molecule has 0 spiro atoms. The first-order valence-electron chi connectivity index (χ1n) is 6.62. The van der Waals surface area contributed by atoms with Crippen molar-refractivity contribution in [1.29, 1.82) is 5.26 Å². The third kappa shape index (κ3) is 3.94. The number of piperidine rings is 1. The summed E-state index contributed by atoms with van der Waals surface area (Å²) in [5, 5.41) is 9.52. The van der Waals surface area contributed by atoms with Gasteiger partial charge in [0.25, 0.3) is 0 Å². The van der Waals surface area contributed by atoms with E-state index in [1.165, 1.54) is 12.8 Å². The molecule has 0 aromatic heterocycles. The minimum Gasteiger partial charge on any atom is -0.384 e. The highest BCUT2D eigenvalue weighted by Crippen LogP contribution is 2.23. The maximum absolute atomic E-state index is 8.82. The Bertz CT molecular complexity index is 462. The third-order valence-electron chi connectivity index (χ3n) is 3.69. The molecular weight excluding hydrogens is 260 g/mol. The summed E-state index contributed by atoms with van der Waals surface area (Å²) in [6, 6.07) is 7.64. The molecule has 1 aromatic rings. The van der Waals surface area contributed by atoms with Crippen LogP contribution in [-0.4, -0.2) is 31.7 Å². The van der Waals surface area contributed by atoms with Crippen LogP contribution < -0.4 is 0 Å². The van der Waals surface area contributed by atoms with Crippen LogP contribution in [0.5, 0.6) is 0 Å². The second kappa shape index (κ2) is 6.91.